The van der Waals surface area contributed by atoms with Gasteiger partial charge in [0.2, 0.25) is 0 Å². The molecule has 0 N–H and O–H groups in total. The Hall–Kier alpha value is -1.75. The largest absolute Gasteiger partial charge is 0.573 e. The van der Waals surface area contributed by atoms with Crippen LogP contribution in [0.1, 0.15) is 54.9 Å². The first-order valence-electron chi connectivity index (χ1n) is 8.32. The topological polar surface area (TPSA) is 9.23 Å². The molecular formula is C20H21ClF4O. The smallest absolute Gasteiger partial charge is 0.405 e. The number of ether oxygens (including phenoxy) is 1. The molecule has 0 radical (unpaired) electrons. The summed E-state index contributed by atoms with van der Waals surface area (Å²) in [4.78, 5) is 0. The summed E-state index contributed by atoms with van der Waals surface area (Å²) in [7, 11) is 0. The molecule has 0 aliphatic carbocycles. The van der Waals surface area contributed by atoms with Crippen LogP contribution in [-0.4, -0.2) is 6.36 Å². The Morgan fingerprint density at radius 2 is 1.69 bits per heavy atom. The summed E-state index contributed by atoms with van der Waals surface area (Å²) in [5.41, 5.74) is 2.61. The van der Waals surface area contributed by atoms with E-state index in [1.54, 1.807) is 13.8 Å². The average molecular weight is 389 g/mol. The molecule has 26 heavy (non-hydrogen) atoms. The van der Waals surface area contributed by atoms with Crippen molar-refractivity contribution in [2.75, 3.05) is 0 Å². The first kappa shape index (κ1) is 20.6. The molecule has 0 amide bonds. The summed E-state index contributed by atoms with van der Waals surface area (Å²) in [6.45, 7) is 7.46. The van der Waals surface area contributed by atoms with Gasteiger partial charge >= 0.3 is 6.36 Å². The van der Waals surface area contributed by atoms with Crippen LogP contribution in [0.25, 0.3) is 0 Å². The van der Waals surface area contributed by atoms with Crippen molar-refractivity contribution in [1.29, 1.82) is 0 Å². The van der Waals surface area contributed by atoms with Gasteiger partial charge < -0.3 is 4.74 Å². The second-order valence-corrected chi connectivity index (χ2v) is 7.22. The van der Waals surface area contributed by atoms with Crippen LogP contribution in [0.3, 0.4) is 0 Å². The molecule has 2 aromatic carbocycles. The Morgan fingerprint density at radius 1 is 1.04 bits per heavy atom. The lowest BCUT2D eigenvalue weighted by Gasteiger charge is -2.20. The molecule has 2 rings (SSSR count). The van der Waals surface area contributed by atoms with E-state index in [1.165, 1.54) is 18.2 Å². The third kappa shape index (κ3) is 5.13. The molecule has 2 aromatic rings. The summed E-state index contributed by atoms with van der Waals surface area (Å²) in [5.74, 6) is -0.790. The average Bonchev–Trinajstić information content (AvgIpc) is 2.48. The van der Waals surface area contributed by atoms with Gasteiger partial charge in [-0.3, -0.25) is 0 Å². The molecule has 0 aromatic heterocycles. The second-order valence-electron chi connectivity index (χ2n) is 6.78. The number of benzene rings is 2. The third-order valence-electron chi connectivity index (χ3n) is 4.34. The van der Waals surface area contributed by atoms with Crippen LogP contribution in [0.15, 0.2) is 30.3 Å². The van der Waals surface area contributed by atoms with Gasteiger partial charge in [0.05, 0.1) is 0 Å². The van der Waals surface area contributed by atoms with Crippen LogP contribution in [0.2, 0.25) is 5.02 Å². The minimum atomic E-state index is -4.81. The zero-order chi connectivity index (χ0) is 19.6. The quantitative estimate of drug-likeness (QED) is 0.494. The van der Waals surface area contributed by atoms with Crippen molar-refractivity contribution in [2.45, 2.75) is 52.3 Å². The number of hydrogen-bond donors (Lipinski definition) is 0. The van der Waals surface area contributed by atoms with Crippen LogP contribution >= 0.6 is 11.6 Å². The number of alkyl halides is 3. The molecule has 1 unspecified atom stereocenters. The van der Waals surface area contributed by atoms with Crippen LogP contribution in [0.4, 0.5) is 17.6 Å². The molecule has 0 aliphatic heterocycles. The van der Waals surface area contributed by atoms with Crippen molar-refractivity contribution < 1.29 is 22.3 Å². The molecule has 6 heteroatoms. The highest BCUT2D eigenvalue weighted by molar-refractivity contribution is 6.30. The number of hydrogen-bond acceptors (Lipinski definition) is 1. The monoisotopic (exact) mass is 388 g/mol. The van der Waals surface area contributed by atoms with Gasteiger partial charge in [-0.05, 0) is 65.6 Å². The van der Waals surface area contributed by atoms with Gasteiger partial charge in [-0.2, -0.15) is 0 Å². The maximum absolute atomic E-state index is 14.2. The second kappa shape index (κ2) is 7.87. The van der Waals surface area contributed by atoms with E-state index < -0.39 is 6.36 Å². The van der Waals surface area contributed by atoms with Gasteiger partial charge in [0, 0.05) is 5.02 Å². The maximum atomic E-state index is 14.2. The minimum Gasteiger partial charge on any atom is -0.405 e. The Kier molecular flexibility index (Phi) is 6.22. The van der Waals surface area contributed by atoms with Crippen molar-refractivity contribution in [1.82, 2.24) is 0 Å². The van der Waals surface area contributed by atoms with Crippen LogP contribution in [-0.2, 0) is 6.42 Å². The lowest BCUT2D eigenvalue weighted by molar-refractivity contribution is -0.274. The van der Waals surface area contributed by atoms with Gasteiger partial charge in [0.1, 0.15) is 11.6 Å². The van der Waals surface area contributed by atoms with Crippen LogP contribution in [0, 0.1) is 12.7 Å². The first-order chi connectivity index (χ1) is 12.0. The zero-order valence-electron chi connectivity index (χ0n) is 15.0. The molecule has 1 atom stereocenters. The van der Waals surface area contributed by atoms with Gasteiger partial charge in [0.25, 0.3) is 0 Å². The number of rotatable bonds is 5. The predicted octanol–water partition coefficient (Wildman–Crippen LogP) is 7.16. The summed E-state index contributed by atoms with van der Waals surface area (Å²) in [6, 6.07) is 7.54. The SMILES string of the molecule is Cc1c(F)cc(CC(C)c2ccc(Cl)cc2OC(F)(F)F)cc1C(C)C. The fourth-order valence-electron chi connectivity index (χ4n) is 3.07. The highest BCUT2D eigenvalue weighted by Gasteiger charge is 2.32. The van der Waals surface area contributed by atoms with Crippen molar-refractivity contribution in [3.8, 4) is 5.75 Å². The minimum absolute atomic E-state index is 0.152. The first-order valence-corrected chi connectivity index (χ1v) is 8.70. The highest BCUT2D eigenvalue weighted by Crippen LogP contribution is 2.35. The molecule has 0 saturated heterocycles. The van der Waals surface area contributed by atoms with Crippen LogP contribution in [0.5, 0.6) is 5.75 Å². The van der Waals surface area contributed by atoms with Crippen molar-refractivity contribution in [3.05, 3.63) is 63.4 Å². The molecule has 1 nitrogen and oxygen atoms in total. The van der Waals surface area contributed by atoms with Gasteiger partial charge in [-0.15, -0.1) is 13.2 Å². The fraction of sp³-hybridized carbons (Fsp3) is 0.400. The van der Waals surface area contributed by atoms with Gasteiger partial charge in [-0.1, -0.05) is 44.5 Å². The van der Waals surface area contributed by atoms with E-state index in [4.69, 9.17) is 11.6 Å². The Balaban J connectivity index is 2.35. The van der Waals surface area contributed by atoms with Gasteiger partial charge in [-0.25, -0.2) is 4.39 Å². The van der Waals surface area contributed by atoms with E-state index in [-0.39, 0.29) is 28.4 Å². The normalized spacial score (nSPS) is 13.2. The van der Waals surface area contributed by atoms with Crippen molar-refractivity contribution in [2.24, 2.45) is 0 Å². The molecule has 0 spiro atoms. The summed E-state index contributed by atoms with van der Waals surface area (Å²) >= 11 is 5.81. The summed E-state index contributed by atoms with van der Waals surface area (Å²) in [6.07, 6.45) is -4.42. The maximum Gasteiger partial charge on any atom is 0.573 e. The molecular weight excluding hydrogens is 368 g/mol. The van der Waals surface area contributed by atoms with E-state index in [2.05, 4.69) is 4.74 Å². The van der Waals surface area contributed by atoms with E-state index in [9.17, 15) is 17.6 Å². The summed E-state index contributed by atoms with van der Waals surface area (Å²) < 4.78 is 56.3. The van der Waals surface area contributed by atoms with E-state index in [0.717, 1.165) is 17.2 Å². The van der Waals surface area contributed by atoms with E-state index in [0.29, 0.717) is 17.5 Å². The van der Waals surface area contributed by atoms with Crippen molar-refractivity contribution in [3.63, 3.8) is 0 Å². The Bertz CT molecular complexity index is 784. The zero-order valence-corrected chi connectivity index (χ0v) is 15.8. The Morgan fingerprint density at radius 3 is 2.27 bits per heavy atom. The predicted molar refractivity (Wildman–Crippen MR) is 95.5 cm³/mol. The summed E-state index contributed by atoms with van der Waals surface area (Å²) in [5, 5.41) is 0.156. The van der Waals surface area contributed by atoms with Crippen molar-refractivity contribution >= 4 is 11.6 Å². The highest BCUT2D eigenvalue weighted by atomic mass is 35.5. The van der Waals surface area contributed by atoms with Gasteiger partial charge in [0.15, 0.2) is 0 Å². The number of halogens is 5. The molecule has 0 fully saturated rings. The molecule has 0 aliphatic rings. The molecule has 0 bridgehead atoms. The van der Waals surface area contributed by atoms with Crippen LogP contribution < -0.4 is 4.74 Å². The molecule has 142 valence electrons. The Labute approximate surface area is 155 Å². The third-order valence-corrected chi connectivity index (χ3v) is 4.58. The molecule has 0 heterocycles. The lowest BCUT2D eigenvalue weighted by Crippen LogP contribution is -2.18. The van der Waals surface area contributed by atoms with E-state index >= 15 is 0 Å². The fourth-order valence-corrected chi connectivity index (χ4v) is 3.23. The molecule has 0 saturated carbocycles. The van der Waals surface area contributed by atoms with E-state index in [1.807, 2.05) is 19.9 Å². The standard InChI is InChI=1S/C20H21ClF4O/c1-11(2)17-8-14(9-18(22)13(17)4)7-12(3)16-6-5-15(21)10-19(16)26-20(23,24)25/h5-6,8-12H,7H2,1-4H3. The lowest BCUT2D eigenvalue weighted by atomic mass is 9.89.